The van der Waals surface area contributed by atoms with Gasteiger partial charge in [0.05, 0.1) is 23.2 Å². The smallest absolute Gasteiger partial charge is 0.280 e. The molecule has 0 saturated carbocycles. The van der Waals surface area contributed by atoms with Crippen LogP contribution in [-0.2, 0) is 6.54 Å². The second-order valence-electron chi connectivity index (χ2n) is 3.55. The van der Waals surface area contributed by atoms with Crippen LogP contribution in [0.1, 0.15) is 11.5 Å². The van der Waals surface area contributed by atoms with E-state index in [0.717, 1.165) is 5.56 Å². The van der Waals surface area contributed by atoms with Crippen LogP contribution in [0.4, 0.5) is 5.69 Å². The third-order valence-corrected chi connectivity index (χ3v) is 2.42. The SMILES string of the molecule is Cc1cccc([N+](=O)[O-])c1-c1cnc(CN)o1. The van der Waals surface area contributed by atoms with Crippen LogP contribution in [0.5, 0.6) is 0 Å². The van der Waals surface area contributed by atoms with Crippen LogP contribution in [0, 0.1) is 17.0 Å². The monoisotopic (exact) mass is 233 g/mol. The van der Waals surface area contributed by atoms with Gasteiger partial charge in [-0.3, -0.25) is 10.1 Å². The third kappa shape index (κ3) is 2.02. The molecule has 2 rings (SSSR count). The zero-order chi connectivity index (χ0) is 12.4. The topological polar surface area (TPSA) is 95.2 Å². The first-order valence-electron chi connectivity index (χ1n) is 5.02. The first-order valence-corrected chi connectivity index (χ1v) is 5.02. The van der Waals surface area contributed by atoms with Crippen molar-refractivity contribution in [3.05, 3.63) is 46.0 Å². The molecule has 0 fully saturated rings. The number of rotatable bonds is 3. The number of nitro groups is 1. The Kier molecular flexibility index (Phi) is 2.88. The van der Waals surface area contributed by atoms with E-state index in [1.807, 2.05) is 0 Å². The van der Waals surface area contributed by atoms with Crippen molar-refractivity contribution in [2.75, 3.05) is 0 Å². The van der Waals surface area contributed by atoms with Gasteiger partial charge in [0.25, 0.3) is 5.69 Å². The molecule has 6 heteroatoms. The van der Waals surface area contributed by atoms with Crippen LogP contribution in [-0.4, -0.2) is 9.91 Å². The fourth-order valence-corrected chi connectivity index (χ4v) is 1.65. The van der Waals surface area contributed by atoms with Crippen LogP contribution < -0.4 is 5.73 Å². The molecule has 0 radical (unpaired) electrons. The second-order valence-corrected chi connectivity index (χ2v) is 3.55. The number of aromatic nitrogens is 1. The van der Waals surface area contributed by atoms with Crippen LogP contribution in [0.3, 0.4) is 0 Å². The Labute approximate surface area is 97.2 Å². The van der Waals surface area contributed by atoms with Gasteiger partial charge in [0.15, 0.2) is 5.76 Å². The predicted molar refractivity (Wildman–Crippen MR) is 61.2 cm³/mol. The van der Waals surface area contributed by atoms with E-state index in [-0.39, 0.29) is 12.2 Å². The average molecular weight is 233 g/mol. The summed E-state index contributed by atoms with van der Waals surface area (Å²) in [7, 11) is 0. The van der Waals surface area contributed by atoms with E-state index in [0.29, 0.717) is 17.2 Å². The minimum atomic E-state index is -0.438. The van der Waals surface area contributed by atoms with E-state index in [2.05, 4.69) is 4.98 Å². The van der Waals surface area contributed by atoms with Crippen molar-refractivity contribution in [2.24, 2.45) is 5.73 Å². The first kappa shape index (κ1) is 11.3. The van der Waals surface area contributed by atoms with Crippen LogP contribution in [0.2, 0.25) is 0 Å². The van der Waals surface area contributed by atoms with Gasteiger partial charge >= 0.3 is 0 Å². The molecule has 0 saturated heterocycles. The normalized spacial score (nSPS) is 10.5. The van der Waals surface area contributed by atoms with Crippen LogP contribution in [0.15, 0.2) is 28.8 Å². The fourth-order valence-electron chi connectivity index (χ4n) is 1.65. The molecular formula is C11H11N3O3. The van der Waals surface area contributed by atoms with Gasteiger partial charge in [0, 0.05) is 6.07 Å². The van der Waals surface area contributed by atoms with E-state index in [9.17, 15) is 10.1 Å². The Morgan fingerprint density at radius 2 is 2.29 bits per heavy atom. The maximum absolute atomic E-state index is 10.9. The first-order chi connectivity index (χ1) is 8.13. The number of hydrogen-bond acceptors (Lipinski definition) is 5. The van der Waals surface area contributed by atoms with Gasteiger partial charge in [0.2, 0.25) is 5.89 Å². The maximum Gasteiger partial charge on any atom is 0.280 e. The number of hydrogen-bond donors (Lipinski definition) is 1. The summed E-state index contributed by atoms with van der Waals surface area (Å²) in [6.07, 6.45) is 1.46. The highest BCUT2D eigenvalue weighted by Gasteiger charge is 2.20. The molecule has 0 amide bonds. The lowest BCUT2D eigenvalue weighted by Gasteiger charge is -2.02. The summed E-state index contributed by atoms with van der Waals surface area (Å²) >= 11 is 0. The lowest BCUT2D eigenvalue weighted by molar-refractivity contribution is -0.384. The van der Waals surface area contributed by atoms with E-state index >= 15 is 0 Å². The Morgan fingerprint density at radius 1 is 1.53 bits per heavy atom. The molecule has 88 valence electrons. The third-order valence-electron chi connectivity index (χ3n) is 2.42. The highest BCUT2D eigenvalue weighted by molar-refractivity contribution is 5.72. The van der Waals surface area contributed by atoms with Gasteiger partial charge in [-0.15, -0.1) is 0 Å². The van der Waals surface area contributed by atoms with Crippen molar-refractivity contribution in [2.45, 2.75) is 13.5 Å². The maximum atomic E-state index is 10.9. The summed E-state index contributed by atoms with van der Waals surface area (Å²) in [5.74, 6) is 0.729. The molecule has 6 nitrogen and oxygen atoms in total. The van der Waals surface area contributed by atoms with Crippen molar-refractivity contribution in [3.8, 4) is 11.3 Å². The number of aryl methyl sites for hydroxylation is 1. The Balaban J connectivity index is 2.61. The second kappa shape index (κ2) is 4.34. The van der Waals surface area contributed by atoms with Crippen molar-refractivity contribution in [3.63, 3.8) is 0 Å². The van der Waals surface area contributed by atoms with Gasteiger partial charge < -0.3 is 10.2 Å². The molecule has 0 atom stereocenters. The lowest BCUT2D eigenvalue weighted by atomic mass is 10.1. The summed E-state index contributed by atoms with van der Waals surface area (Å²) in [4.78, 5) is 14.4. The fraction of sp³-hybridized carbons (Fsp3) is 0.182. The highest BCUT2D eigenvalue weighted by Crippen LogP contribution is 2.33. The summed E-state index contributed by atoms with van der Waals surface area (Å²) in [5.41, 5.74) is 6.60. The number of nitrogens with two attached hydrogens (primary N) is 1. The molecule has 2 N–H and O–H groups in total. The molecule has 1 aromatic heterocycles. The summed E-state index contributed by atoms with van der Waals surface area (Å²) in [6.45, 7) is 1.95. The van der Waals surface area contributed by atoms with E-state index < -0.39 is 4.92 Å². The van der Waals surface area contributed by atoms with Crippen LogP contribution in [0.25, 0.3) is 11.3 Å². The van der Waals surface area contributed by atoms with Gasteiger partial charge in [-0.25, -0.2) is 4.98 Å². The average Bonchev–Trinajstić information content (AvgIpc) is 2.76. The highest BCUT2D eigenvalue weighted by atomic mass is 16.6. The quantitative estimate of drug-likeness (QED) is 0.646. The minimum absolute atomic E-state index is 0.00437. The Hall–Kier alpha value is -2.21. The number of benzene rings is 1. The van der Waals surface area contributed by atoms with Gasteiger partial charge in [-0.05, 0) is 12.5 Å². The van der Waals surface area contributed by atoms with E-state index in [1.54, 1.807) is 19.1 Å². The Morgan fingerprint density at radius 3 is 2.88 bits per heavy atom. The van der Waals surface area contributed by atoms with Crippen molar-refractivity contribution in [1.29, 1.82) is 0 Å². The molecule has 1 heterocycles. The molecule has 0 aliphatic carbocycles. The van der Waals surface area contributed by atoms with Crippen LogP contribution >= 0.6 is 0 Å². The lowest BCUT2D eigenvalue weighted by Crippen LogP contribution is -1.95. The van der Waals surface area contributed by atoms with E-state index in [4.69, 9.17) is 10.2 Å². The summed E-state index contributed by atoms with van der Waals surface area (Å²) in [5, 5.41) is 10.9. The van der Waals surface area contributed by atoms with Gasteiger partial charge in [0.1, 0.15) is 0 Å². The van der Waals surface area contributed by atoms with Crippen molar-refractivity contribution >= 4 is 5.69 Å². The molecule has 0 unspecified atom stereocenters. The number of oxazole rings is 1. The molecule has 2 aromatic rings. The molecule has 0 bridgehead atoms. The number of nitrogens with zero attached hydrogens (tertiary/aromatic N) is 2. The molecule has 0 aliphatic heterocycles. The van der Waals surface area contributed by atoms with Crippen molar-refractivity contribution < 1.29 is 9.34 Å². The molecule has 17 heavy (non-hydrogen) atoms. The summed E-state index contributed by atoms with van der Waals surface area (Å²) < 4.78 is 5.35. The molecule has 0 aliphatic rings. The predicted octanol–water partition coefficient (Wildman–Crippen LogP) is 2.02. The Bertz CT molecular complexity index is 563. The van der Waals surface area contributed by atoms with E-state index in [1.165, 1.54) is 12.3 Å². The van der Waals surface area contributed by atoms with Gasteiger partial charge in [-0.2, -0.15) is 0 Å². The zero-order valence-electron chi connectivity index (χ0n) is 9.21. The minimum Gasteiger partial charge on any atom is -0.439 e. The number of nitro benzene ring substituents is 1. The van der Waals surface area contributed by atoms with Gasteiger partial charge in [-0.1, -0.05) is 12.1 Å². The van der Waals surface area contributed by atoms with Crippen molar-refractivity contribution in [1.82, 2.24) is 4.98 Å². The summed E-state index contributed by atoms with van der Waals surface area (Å²) in [6, 6.07) is 4.86. The molecular weight excluding hydrogens is 222 g/mol. The zero-order valence-corrected chi connectivity index (χ0v) is 9.21. The molecule has 1 aromatic carbocycles. The largest absolute Gasteiger partial charge is 0.439 e. The standard InChI is InChI=1S/C11H11N3O3/c1-7-3-2-4-8(14(15)16)11(7)9-6-13-10(5-12)17-9/h2-4,6H,5,12H2,1H3. The molecule has 0 spiro atoms.